The van der Waals surface area contributed by atoms with E-state index in [9.17, 15) is 4.79 Å². The Labute approximate surface area is 302 Å². The lowest BCUT2D eigenvalue weighted by Gasteiger charge is -2.21. The van der Waals surface area contributed by atoms with Crippen LogP contribution in [0.2, 0.25) is 0 Å². The molecule has 0 fully saturated rings. The SMILES string of the molecule is C=CCc1ccc(OC(=O)Cc2c3[n+](cc4c(OC)c(OC)ccc24)CCc2cc4c(cc2-3)OCO4)c(-c2ccc(OC)c(CC=C)c2)c1.[Br-]. The van der Waals surface area contributed by atoms with Crippen molar-refractivity contribution in [3.8, 4) is 56.9 Å². The highest BCUT2D eigenvalue weighted by Crippen LogP contribution is 2.44. The number of allylic oxidation sites excluding steroid dienone is 2. The van der Waals surface area contributed by atoms with Crippen molar-refractivity contribution in [1.82, 2.24) is 0 Å². The summed E-state index contributed by atoms with van der Waals surface area (Å²) in [6, 6.07) is 19.8. The lowest BCUT2D eigenvalue weighted by molar-refractivity contribution is -0.686. The van der Waals surface area contributed by atoms with Gasteiger partial charge in [-0.3, -0.25) is 4.79 Å². The van der Waals surface area contributed by atoms with E-state index < -0.39 is 5.97 Å². The molecule has 4 aromatic carbocycles. The molecule has 256 valence electrons. The maximum atomic E-state index is 14.2. The molecular weight excluding hydrogens is 698 g/mol. The van der Waals surface area contributed by atoms with Crippen molar-refractivity contribution >= 4 is 16.7 Å². The van der Waals surface area contributed by atoms with E-state index in [1.165, 1.54) is 0 Å². The fraction of sp³-hybridized carbons (Fsp3) is 0.220. The maximum Gasteiger partial charge on any atom is 0.315 e. The number of ether oxygens (including phenoxy) is 6. The highest BCUT2D eigenvalue weighted by Gasteiger charge is 2.33. The van der Waals surface area contributed by atoms with Crippen LogP contribution in [-0.4, -0.2) is 34.1 Å². The fourth-order valence-electron chi connectivity index (χ4n) is 6.94. The third-order valence-corrected chi connectivity index (χ3v) is 9.17. The molecule has 8 nitrogen and oxygen atoms in total. The van der Waals surface area contributed by atoms with Gasteiger partial charge in [-0.2, -0.15) is 4.57 Å². The molecule has 0 unspecified atom stereocenters. The van der Waals surface area contributed by atoms with Gasteiger partial charge >= 0.3 is 5.97 Å². The van der Waals surface area contributed by atoms with Crippen LogP contribution in [0.25, 0.3) is 33.2 Å². The van der Waals surface area contributed by atoms with Gasteiger partial charge in [0.1, 0.15) is 11.5 Å². The van der Waals surface area contributed by atoms with Gasteiger partial charge in [0.25, 0.3) is 0 Å². The molecule has 9 heteroatoms. The monoisotopic (exact) mass is 735 g/mol. The number of carbonyl (C=O) groups is 1. The molecule has 50 heavy (non-hydrogen) atoms. The van der Waals surface area contributed by atoms with Crippen LogP contribution >= 0.6 is 0 Å². The number of carbonyl (C=O) groups excluding carboxylic acids is 1. The predicted molar refractivity (Wildman–Crippen MR) is 188 cm³/mol. The fourth-order valence-corrected chi connectivity index (χ4v) is 6.94. The van der Waals surface area contributed by atoms with Crippen LogP contribution in [0, 0.1) is 0 Å². The minimum atomic E-state index is -0.393. The van der Waals surface area contributed by atoms with E-state index in [1.54, 1.807) is 21.3 Å². The summed E-state index contributed by atoms with van der Waals surface area (Å²) >= 11 is 0. The summed E-state index contributed by atoms with van der Waals surface area (Å²) in [5.74, 6) is 3.50. The summed E-state index contributed by atoms with van der Waals surface area (Å²) in [4.78, 5) is 14.2. The van der Waals surface area contributed by atoms with Crippen LogP contribution < -0.4 is 50.0 Å². The van der Waals surface area contributed by atoms with Gasteiger partial charge in [0, 0.05) is 22.9 Å². The van der Waals surface area contributed by atoms with Gasteiger partial charge in [0.2, 0.25) is 12.5 Å². The molecule has 7 rings (SSSR count). The Morgan fingerprint density at radius 1 is 0.820 bits per heavy atom. The van der Waals surface area contributed by atoms with E-state index in [1.807, 2.05) is 54.6 Å². The van der Waals surface area contributed by atoms with Gasteiger partial charge in [-0.05, 0) is 83.6 Å². The van der Waals surface area contributed by atoms with Crippen LogP contribution in [0.1, 0.15) is 22.3 Å². The molecule has 0 spiro atoms. The first kappa shape index (κ1) is 34.6. The second-order valence-corrected chi connectivity index (χ2v) is 12.0. The van der Waals surface area contributed by atoms with E-state index in [2.05, 4.69) is 42.1 Å². The Hall–Kier alpha value is -5.28. The largest absolute Gasteiger partial charge is 1.00 e. The Morgan fingerprint density at radius 3 is 2.30 bits per heavy atom. The minimum Gasteiger partial charge on any atom is -1.00 e. The van der Waals surface area contributed by atoms with Crippen molar-refractivity contribution in [1.29, 1.82) is 0 Å². The molecular formula is C41H38BrNO7. The molecule has 0 saturated heterocycles. The predicted octanol–water partition coefficient (Wildman–Crippen LogP) is 4.38. The van der Waals surface area contributed by atoms with Crippen molar-refractivity contribution in [3.05, 3.63) is 114 Å². The summed E-state index contributed by atoms with van der Waals surface area (Å²) in [5, 5.41) is 1.72. The molecule has 1 aromatic heterocycles. The van der Waals surface area contributed by atoms with Gasteiger partial charge in [-0.1, -0.05) is 24.3 Å². The number of halogens is 1. The van der Waals surface area contributed by atoms with Gasteiger partial charge in [0.05, 0.1) is 38.7 Å². The number of esters is 1. The smallest absolute Gasteiger partial charge is 0.315 e. The van der Waals surface area contributed by atoms with Crippen LogP contribution in [-0.2, 0) is 37.0 Å². The number of aromatic nitrogens is 1. The number of rotatable bonds is 11. The summed E-state index contributed by atoms with van der Waals surface area (Å²) in [7, 11) is 4.90. The van der Waals surface area contributed by atoms with Crippen LogP contribution in [0.15, 0.2) is 92.2 Å². The third kappa shape index (κ3) is 6.29. The molecule has 0 amide bonds. The number of hydrogen-bond donors (Lipinski definition) is 0. The number of aryl methyl sites for hydroxylation is 2. The summed E-state index contributed by atoms with van der Waals surface area (Å²) < 4.78 is 37.0. The summed E-state index contributed by atoms with van der Waals surface area (Å²) in [5.41, 5.74) is 7.65. The molecule has 2 aliphatic heterocycles. The lowest BCUT2D eigenvalue weighted by atomic mass is 9.90. The van der Waals surface area contributed by atoms with Crippen molar-refractivity contribution in [2.75, 3.05) is 28.1 Å². The number of nitrogens with zero attached hydrogens (tertiary/aromatic N) is 1. The topological polar surface area (TPSA) is 76.3 Å². The normalized spacial score (nSPS) is 12.3. The average molecular weight is 737 g/mol. The highest BCUT2D eigenvalue weighted by atomic mass is 79.9. The first-order valence-corrected chi connectivity index (χ1v) is 16.2. The van der Waals surface area contributed by atoms with Gasteiger partial charge in [-0.15, -0.1) is 13.2 Å². The molecule has 0 N–H and O–H groups in total. The van der Waals surface area contributed by atoms with E-state index in [4.69, 9.17) is 28.4 Å². The molecule has 3 heterocycles. The molecule has 0 radical (unpaired) electrons. The summed E-state index contributed by atoms with van der Waals surface area (Å²) in [6.45, 7) is 8.71. The standard InChI is InChI=1S/C41H38NO7.BrH/c1-6-8-25-10-13-35(30(18-25)26-11-14-34(44-3)28(19-26)9-7-2)49-39(43)22-32-29-12-15-36(45-4)41(46-5)33(29)23-42-17-16-27-20-37-38(48-24-47-37)21-31(27)40(32)42;/h6-7,10-15,18-21,23H,1-2,8-9,16-17,22,24H2,3-5H3;1H/q+1;/p-1. The van der Waals surface area contributed by atoms with E-state index in [0.29, 0.717) is 42.4 Å². The number of benzene rings is 4. The first-order chi connectivity index (χ1) is 24.0. The Balaban J connectivity index is 0.00000432. The third-order valence-electron chi connectivity index (χ3n) is 9.17. The molecule has 0 saturated carbocycles. The van der Waals surface area contributed by atoms with Crippen LogP contribution in [0.3, 0.4) is 0 Å². The van der Waals surface area contributed by atoms with E-state index in [-0.39, 0.29) is 30.2 Å². The number of fused-ring (bicyclic) bond motifs is 5. The van der Waals surface area contributed by atoms with Gasteiger partial charge in [0.15, 0.2) is 35.7 Å². The zero-order chi connectivity index (χ0) is 34.1. The molecule has 2 aliphatic rings. The highest BCUT2D eigenvalue weighted by molar-refractivity contribution is 5.97. The number of pyridine rings is 1. The number of hydrogen-bond acceptors (Lipinski definition) is 7. The first-order valence-electron chi connectivity index (χ1n) is 16.2. The zero-order valence-corrected chi connectivity index (χ0v) is 29.9. The molecule has 0 bridgehead atoms. The molecule has 0 aliphatic carbocycles. The van der Waals surface area contributed by atoms with E-state index in [0.717, 1.165) is 73.3 Å². The number of methoxy groups -OCH3 is 3. The lowest BCUT2D eigenvalue weighted by Crippen LogP contribution is -3.00. The Kier molecular flexibility index (Phi) is 10.2. The van der Waals surface area contributed by atoms with Crippen molar-refractivity contribution in [2.24, 2.45) is 0 Å². The minimum absolute atomic E-state index is 0. The molecule has 5 aromatic rings. The maximum absolute atomic E-state index is 14.2. The van der Waals surface area contributed by atoms with Crippen LogP contribution in [0.4, 0.5) is 0 Å². The second-order valence-electron chi connectivity index (χ2n) is 12.0. The van der Waals surface area contributed by atoms with Gasteiger partial charge in [-0.25, -0.2) is 0 Å². The van der Waals surface area contributed by atoms with Crippen molar-refractivity contribution < 1.29 is 54.8 Å². The second kappa shape index (κ2) is 14.7. The van der Waals surface area contributed by atoms with Crippen molar-refractivity contribution in [3.63, 3.8) is 0 Å². The molecule has 0 atom stereocenters. The summed E-state index contributed by atoms with van der Waals surface area (Å²) in [6.07, 6.45) is 7.90. The van der Waals surface area contributed by atoms with Gasteiger partial charge < -0.3 is 45.4 Å². The quantitative estimate of drug-likeness (QED) is 0.0863. The van der Waals surface area contributed by atoms with Crippen LogP contribution in [0.5, 0.6) is 34.5 Å². The average Bonchev–Trinajstić information content (AvgIpc) is 3.58. The van der Waals surface area contributed by atoms with E-state index >= 15 is 0 Å². The Bertz CT molecular complexity index is 2140. The zero-order valence-electron chi connectivity index (χ0n) is 28.3. The Morgan fingerprint density at radius 2 is 1.56 bits per heavy atom. The van der Waals surface area contributed by atoms with Crippen molar-refractivity contribution in [2.45, 2.75) is 32.2 Å².